The fraction of sp³-hybridized carbons (Fsp3) is 0.172. The number of nitrogens with one attached hydrogen (secondary N) is 1. The van der Waals surface area contributed by atoms with E-state index in [4.69, 9.17) is 0 Å². The third-order valence-electron chi connectivity index (χ3n) is 6.33. The SMILES string of the molecule is O=C(CC(c1ccccc1)c1ccccc1)NCCn1ncc2c(=O)n(Cc3ccc(F)cc3)cnc21. The van der Waals surface area contributed by atoms with Gasteiger partial charge in [-0.3, -0.25) is 14.2 Å². The van der Waals surface area contributed by atoms with E-state index in [0.29, 0.717) is 30.5 Å². The number of benzene rings is 3. The summed E-state index contributed by atoms with van der Waals surface area (Å²) in [7, 11) is 0. The fourth-order valence-corrected chi connectivity index (χ4v) is 4.42. The highest BCUT2D eigenvalue weighted by molar-refractivity contribution is 5.77. The first-order chi connectivity index (χ1) is 18.1. The fourth-order valence-electron chi connectivity index (χ4n) is 4.42. The Kier molecular flexibility index (Phi) is 7.16. The molecule has 2 aromatic heterocycles. The lowest BCUT2D eigenvalue weighted by Crippen LogP contribution is -2.29. The lowest BCUT2D eigenvalue weighted by Gasteiger charge is -2.18. The van der Waals surface area contributed by atoms with Crippen molar-refractivity contribution in [2.45, 2.75) is 25.4 Å². The molecule has 0 radical (unpaired) electrons. The van der Waals surface area contributed by atoms with Crippen LogP contribution in [0.1, 0.15) is 29.0 Å². The molecule has 0 spiro atoms. The van der Waals surface area contributed by atoms with E-state index in [9.17, 15) is 14.0 Å². The third kappa shape index (κ3) is 5.64. The number of hydrogen-bond acceptors (Lipinski definition) is 4. The van der Waals surface area contributed by atoms with Crippen molar-refractivity contribution in [1.29, 1.82) is 0 Å². The number of carbonyl (C=O) groups excluding carboxylic acids is 1. The van der Waals surface area contributed by atoms with Crippen molar-refractivity contribution in [3.05, 3.63) is 130 Å². The Morgan fingerprint density at radius 1 is 0.919 bits per heavy atom. The quantitative estimate of drug-likeness (QED) is 0.334. The summed E-state index contributed by atoms with van der Waals surface area (Å²) in [5.74, 6) is -0.438. The van der Waals surface area contributed by atoms with E-state index >= 15 is 0 Å². The van der Waals surface area contributed by atoms with Crippen LogP contribution in [0.2, 0.25) is 0 Å². The van der Waals surface area contributed by atoms with E-state index in [2.05, 4.69) is 15.4 Å². The molecule has 8 heteroatoms. The second kappa shape index (κ2) is 11.0. The molecule has 3 aromatic carbocycles. The molecular formula is C29H26FN5O2. The third-order valence-corrected chi connectivity index (χ3v) is 6.33. The van der Waals surface area contributed by atoms with Gasteiger partial charge in [-0.15, -0.1) is 0 Å². The van der Waals surface area contributed by atoms with Crippen molar-refractivity contribution in [1.82, 2.24) is 24.6 Å². The average molecular weight is 496 g/mol. The van der Waals surface area contributed by atoms with Gasteiger partial charge in [0.25, 0.3) is 5.56 Å². The number of carbonyl (C=O) groups is 1. The van der Waals surface area contributed by atoms with Crippen LogP contribution in [0.4, 0.5) is 4.39 Å². The summed E-state index contributed by atoms with van der Waals surface area (Å²) in [6, 6.07) is 26.0. The molecule has 0 atom stereocenters. The van der Waals surface area contributed by atoms with Crippen molar-refractivity contribution in [3.63, 3.8) is 0 Å². The average Bonchev–Trinajstić information content (AvgIpc) is 3.35. The van der Waals surface area contributed by atoms with Gasteiger partial charge in [-0.25, -0.2) is 14.1 Å². The number of fused-ring (bicyclic) bond motifs is 1. The summed E-state index contributed by atoms with van der Waals surface area (Å²) in [6.07, 6.45) is 3.28. The Morgan fingerprint density at radius 2 is 1.57 bits per heavy atom. The predicted molar refractivity (Wildman–Crippen MR) is 140 cm³/mol. The van der Waals surface area contributed by atoms with Gasteiger partial charge in [0.1, 0.15) is 17.5 Å². The standard InChI is InChI=1S/C29H26FN5O2/c30-24-13-11-21(12-14-24)19-34-20-32-28-26(29(34)37)18-33-35(28)16-15-31-27(36)17-25(22-7-3-1-4-8-22)23-9-5-2-6-10-23/h1-14,18,20,25H,15-17,19H2,(H,31,36). The first kappa shape index (κ1) is 24.1. The lowest BCUT2D eigenvalue weighted by molar-refractivity contribution is -0.121. The summed E-state index contributed by atoms with van der Waals surface area (Å²) >= 11 is 0. The van der Waals surface area contributed by atoms with Crippen molar-refractivity contribution in [2.75, 3.05) is 6.54 Å². The Bertz CT molecular complexity index is 1510. The molecule has 1 N–H and O–H groups in total. The van der Waals surface area contributed by atoms with Gasteiger partial charge >= 0.3 is 0 Å². The molecule has 5 aromatic rings. The number of halogens is 1. The van der Waals surface area contributed by atoms with Gasteiger partial charge in [-0.2, -0.15) is 5.10 Å². The molecule has 0 saturated heterocycles. The van der Waals surface area contributed by atoms with Gasteiger partial charge in [0.2, 0.25) is 5.91 Å². The Labute approximate surface area is 213 Å². The van der Waals surface area contributed by atoms with E-state index in [1.54, 1.807) is 16.8 Å². The molecule has 0 aliphatic heterocycles. The zero-order chi connectivity index (χ0) is 25.6. The summed E-state index contributed by atoms with van der Waals surface area (Å²) < 4.78 is 16.3. The van der Waals surface area contributed by atoms with Crippen LogP contribution in [0.3, 0.4) is 0 Å². The number of hydrogen-bond donors (Lipinski definition) is 1. The van der Waals surface area contributed by atoms with Crippen molar-refractivity contribution in [2.24, 2.45) is 0 Å². The maximum Gasteiger partial charge on any atom is 0.264 e. The largest absolute Gasteiger partial charge is 0.354 e. The maximum atomic E-state index is 13.2. The molecule has 0 aliphatic rings. The van der Waals surface area contributed by atoms with Gasteiger partial charge in [0.05, 0.1) is 19.3 Å². The topological polar surface area (TPSA) is 81.8 Å². The van der Waals surface area contributed by atoms with E-state index in [-0.39, 0.29) is 29.7 Å². The van der Waals surface area contributed by atoms with Crippen LogP contribution in [-0.4, -0.2) is 31.8 Å². The lowest BCUT2D eigenvalue weighted by atomic mass is 9.88. The number of amides is 1. The van der Waals surface area contributed by atoms with Crippen LogP contribution < -0.4 is 10.9 Å². The number of aromatic nitrogens is 4. The van der Waals surface area contributed by atoms with Gasteiger partial charge in [0, 0.05) is 18.9 Å². The highest BCUT2D eigenvalue weighted by Gasteiger charge is 2.18. The van der Waals surface area contributed by atoms with Crippen LogP contribution in [-0.2, 0) is 17.9 Å². The van der Waals surface area contributed by atoms with Crippen LogP contribution >= 0.6 is 0 Å². The summed E-state index contributed by atoms with van der Waals surface area (Å²) in [5, 5.41) is 7.68. The molecule has 2 heterocycles. The van der Waals surface area contributed by atoms with E-state index < -0.39 is 0 Å². The van der Waals surface area contributed by atoms with Gasteiger partial charge < -0.3 is 5.32 Å². The van der Waals surface area contributed by atoms with E-state index in [1.807, 2.05) is 60.7 Å². The maximum absolute atomic E-state index is 13.2. The molecule has 5 rings (SSSR count). The molecule has 37 heavy (non-hydrogen) atoms. The minimum absolute atomic E-state index is 0.0471. The Balaban J connectivity index is 1.23. The molecule has 0 saturated carbocycles. The molecule has 7 nitrogen and oxygen atoms in total. The van der Waals surface area contributed by atoms with Crippen molar-refractivity contribution in [3.8, 4) is 0 Å². The first-order valence-electron chi connectivity index (χ1n) is 12.1. The molecule has 0 bridgehead atoms. The second-order valence-electron chi connectivity index (χ2n) is 8.84. The number of rotatable bonds is 9. The summed E-state index contributed by atoms with van der Waals surface area (Å²) in [6.45, 7) is 1.02. The van der Waals surface area contributed by atoms with Crippen LogP contribution in [0.5, 0.6) is 0 Å². The minimum atomic E-state index is -0.325. The summed E-state index contributed by atoms with van der Waals surface area (Å²) in [5.41, 5.74) is 3.20. The van der Waals surface area contributed by atoms with Crippen LogP contribution in [0.15, 0.2) is 102 Å². The van der Waals surface area contributed by atoms with Gasteiger partial charge in [-0.1, -0.05) is 72.8 Å². The second-order valence-corrected chi connectivity index (χ2v) is 8.84. The monoisotopic (exact) mass is 495 g/mol. The molecule has 0 fully saturated rings. The molecular weight excluding hydrogens is 469 g/mol. The molecule has 186 valence electrons. The molecule has 1 amide bonds. The normalized spacial score (nSPS) is 11.2. The zero-order valence-corrected chi connectivity index (χ0v) is 20.1. The number of nitrogens with zero attached hydrogens (tertiary/aromatic N) is 4. The van der Waals surface area contributed by atoms with Gasteiger partial charge in [-0.05, 0) is 28.8 Å². The van der Waals surface area contributed by atoms with Crippen LogP contribution in [0.25, 0.3) is 11.0 Å². The highest BCUT2D eigenvalue weighted by atomic mass is 19.1. The van der Waals surface area contributed by atoms with Crippen molar-refractivity contribution < 1.29 is 9.18 Å². The van der Waals surface area contributed by atoms with Crippen LogP contribution in [0, 0.1) is 5.82 Å². The molecule has 0 aliphatic carbocycles. The zero-order valence-electron chi connectivity index (χ0n) is 20.1. The minimum Gasteiger partial charge on any atom is -0.354 e. The summed E-state index contributed by atoms with van der Waals surface area (Å²) in [4.78, 5) is 30.2. The predicted octanol–water partition coefficient (Wildman–Crippen LogP) is 4.12. The van der Waals surface area contributed by atoms with Crippen molar-refractivity contribution >= 4 is 16.9 Å². The van der Waals surface area contributed by atoms with E-state index in [1.165, 1.54) is 29.2 Å². The highest BCUT2D eigenvalue weighted by Crippen LogP contribution is 2.27. The van der Waals surface area contributed by atoms with E-state index in [0.717, 1.165) is 16.7 Å². The Hall–Kier alpha value is -4.59. The molecule has 0 unspecified atom stereocenters. The van der Waals surface area contributed by atoms with Gasteiger partial charge in [0.15, 0.2) is 5.65 Å². The smallest absolute Gasteiger partial charge is 0.264 e. The first-order valence-corrected chi connectivity index (χ1v) is 12.1. The Morgan fingerprint density at radius 3 is 2.22 bits per heavy atom.